The van der Waals surface area contributed by atoms with Crippen molar-refractivity contribution in [2.24, 2.45) is 11.1 Å². The molecule has 8 heteroatoms. The van der Waals surface area contributed by atoms with E-state index in [1.165, 1.54) is 4.31 Å². The van der Waals surface area contributed by atoms with Crippen LogP contribution in [0.1, 0.15) is 13.8 Å². The fraction of sp³-hybridized carbons (Fsp3) is 0.778. The van der Waals surface area contributed by atoms with Gasteiger partial charge in [0, 0.05) is 0 Å². The second-order valence-electron chi connectivity index (χ2n) is 4.44. The van der Waals surface area contributed by atoms with Crippen molar-refractivity contribution in [3.05, 3.63) is 0 Å². The molecular formula is C9H14N2O5S. The SMILES string of the molecule is CC(C)[S+](=O)([O-])N1CC2ON=C(C(=O)O)C2C1. The number of aliphatic carboxylic acids is 1. The number of nitrogens with zero attached hydrogens (tertiary/aromatic N) is 2. The highest BCUT2D eigenvalue weighted by Gasteiger charge is 2.50. The molecule has 0 spiro atoms. The van der Waals surface area contributed by atoms with Gasteiger partial charge in [-0.3, -0.25) is 0 Å². The minimum Gasteiger partial charge on any atom is -0.597 e. The normalized spacial score (nSPS) is 31.9. The Morgan fingerprint density at radius 3 is 2.82 bits per heavy atom. The Morgan fingerprint density at radius 2 is 2.29 bits per heavy atom. The lowest BCUT2D eigenvalue weighted by Gasteiger charge is -2.26. The van der Waals surface area contributed by atoms with E-state index in [4.69, 9.17) is 9.94 Å². The highest BCUT2D eigenvalue weighted by molar-refractivity contribution is 7.95. The van der Waals surface area contributed by atoms with Gasteiger partial charge in [-0.2, -0.15) is 0 Å². The van der Waals surface area contributed by atoms with Crippen LogP contribution in [-0.2, 0) is 24.2 Å². The van der Waals surface area contributed by atoms with E-state index in [1.54, 1.807) is 13.8 Å². The zero-order valence-corrected chi connectivity index (χ0v) is 10.3. The minimum absolute atomic E-state index is 0.0866. The standard InChI is InChI=1S/C9H14N2O5S/c1-5(2)17(14,15)11-3-6-7(4-11)16-10-8(6)9(12)13/h5-7H,3-4H2,1-2H3,(H-,12,13,14,15). The first-order valence-electron chi connectivity index (χ1n) is 5.30. The van der Waals surface area contributed by atoms with Crippen LogP contribution in [0.5, 0.6) is 0 Å². The number of rotatable bonds is 3. The van der Waals surface area contributed by atoms with Crippen LogP contribution < -0.4 is 0 Å². The molecule has 0 aromatic carbocycles. The molecular weight excluding hydrogens is 248 g/mol. The fourth-order valence-electron chi connectivity index (χ4n) is 2.00. The van der Waals surface area contributed by atoms with E-state index in [-0.39, 0.29) is 18.8 Å². The van der Waals surface area contributed by atoms with Gasteiger partial charge < -0.3 is 14.5 Å². The van der Waals surface area contributed by atoms with Crippen LogP contribution in [0.25, 0.3) is 0 Å². The highest BCUT2D eigenvalue weighted by atomic mass is 32.3. The molecule has 1 saturated heterocycles. The Balaban J connectivity index is 2.14. The summed E-state index contributed by atoms with van der Waals surface area (Å²) >= 11 is 0. The number of oxime groups is 1. The molecule has 3 atom stereocenters. The maximum absolute atomic E-state index is 11.9. The number of carboxylic acid groups (broad SMARTS) is 1. The van der Waals surface area contributed by atoms with Crippen LogP contribution in [0.3, 0.4) is 0 Å². The predicted molar refractivity (Wildman–Crippen MR) is 59.0 cm³/mol. The summed E-state index contributed by atoms with van der Waals surface area (Å²) in [6.45, 7) is 3.49. The molecule has 2 aliphatic heterocycles. The van der Waals surface area contributed by atoms with Crippen LogP contribution in [0.15, 0.2) is 5.16 Å². The molecule has 0 saturated carbocycles. The number of carboxylic acids is 1. The highest BCUT2D eigenvalue weighted by Crippen LogP contribution is 2.31. The summed E-state index contributed by atoms with van der Waals surface area (Å²) in [6.07, 6.45) is -0.463. The quantitative estimate of drug-likeness (QED) is 0.704. The van der Waals surface area contributed by atoms with Gasteiger partial charge in [0.15, 0.2) is 11.8 Å². The lowest BCUT2D eigenvalue weighted by atomic mass is 10.0. The molecule has 2 rings (SSSR count). The van der Waals surface area contributed by atoms with Gasteiger partial charge in [0.25, 0.3) is 0 Å². The van der Waals surface area contributed by atoms with Crippen molar-refractivity contribution in [2.75, 3.05) is 13.1 Å². The van der Waals surface area contributed by atoms with E-state index >= 15 is 0 Å². The molecule has 2 aliphatic rings. The third-order valence-corrected chi connectivity index (χ3v) is 5.25. The third-order valence-electron chi connectivity index (χ3n) is 3.05. The molecule has 0 radical (unpaired) electrons. The molecule has 1 N–H and O–H groups in total. The topological polar surface area (TPSA) is 102 Å². The van der Waals surface area contributed by atoms with Gasteiger partial charge in [-0.15, -0.1) is 4.31 Å². The van der Waals surface area contributed by atoms with Crippen molar-refractivity contribution in [3.63, 3.8) is 0 Å². The molecule has 0 bridgehead atoms. The summed E-state index contributed by atoms with van der Waals surface area (Å²) in [4.78, 5) is 15.8. The van der Waals surface area contributed by atoms with Crippen molar-refractivity contribution in [2.45, 2.75) is 25.2 Å². The smallest absolute Gasteiger partial charge is 0.354 e. The Hall–Kier alpha value is -0.990. The second-order valence-corrected chi connectivity index (χ2v) is 6.93. The predicted octanol–water partition coefficient (Wildman–Crippen LogP) is -0.289. The maximum Gasteiger partial charge on any atom is 0.354 e. The Bertz CT molecular complexity index is 422. The molecule has 0 aromatic rings. The third kappa shape index (κ3) is 1.96. The molecule has 2 heterocycles. The monoisotopic (exact) mass is 262 g/mol. The van der Waals surface area contributed by atoms with Crippen molar-refractivity contribution in [1.82, 2.24) is 4.31 Å². The number of carbonyl (C=O) groups is 1. The van der Waals surface area contributed by atoms with Crippen LogP contribution in [0.4, 0.5) is 0 Å². The van der Waals surface area contributed by atoms with Crippen molar-refractivity contribution < 1.29 is 23.5 Å². The molecule has 1 fully saturated rings. The van der Waals surface area contributed by atoms with E-state index in [2.05, 4.69) is 5.16 Å². The number of hydrogen-bond donors (Lipinski definition) is 1. The molecule has 0 amide bonds. The Kier molecular flexibility index (Phi) is 2.96. The van der Waals surface area contributed by atoms with Gasteiger partial charge in [0.05, 0.1) is 19.0 Å². The number of sulfonamides is 1. The first-order chi connectivity index (χ1) is 7.84. The molecule has 3 unspecified atom stereocenters. The van der Waals surface area contributed by atoms with E-state index in [1.807, 2.05) is 0 Å². The van der Waals surface area contributed by atoms with Crippen LogP contribution in [-0.4, -0.2) is 50.1 Å². The number of hydrogen-bond acceptors (Lipinski definition) is 5. The van der Waals surface area contributed by atoms with Gasteiger partial charge in [0.1, 0.15) is 15.6 Å². The molecule has 96 valence electrons. The summed E-state index contributed by atoms with van der Waals surface area (Å²) < 4.78 is 25.1. The van der Waals surface area contributed by atoms with Gasteiger partial charge in [-0.05, 0) is 13.8 Å². The van der Waals surface area contributed by atoms with E-state index in [0.717, 1.165) is 0 Å². The maximum atomic E-state index is 11.9. The van der Waals surface area contributed by atoms with Gasteiger partial charge >= 0.3 is 5.97 Å². The summed E-state index contributed by atoms with van der Waals surface area (Å²) in [5, 5.41) is 11.8. The molecule has 0 aliphatic carbocycles. The van der Waals surface area contributed by atoms with Gasteiger partial charge in [-0.1, -0.05) is 9.36 Å². The first kappa shape index (κ1) is 12.5. The minimum atomic E-state index is -3.36. The molecule has 7 nitrogen and oxygen atoms in total. The summed E-state index contributed by atoms with van der Waals surface area (Å²) in [6, 6.07) is 0. The summed E-state index contributed by atoms with van der Waals surface area (Å²) in [7, 11) is -3.36. The summed E-state index contributed by atoms with van der Waals surface area (Å²) in [5.74, 6) is -1.61. The largest absolute Gasteiger partial charge is 0.597 e. The Morgan fingerprint density at radius 1 is 1.65 bits per heavy atom. The van der Waals surface area contributed by atoms with Crippen molar-refractivity contribution >= 4 is 22.1 Å². The average Bonchev–Trinajstić information content (AvgIpc) is 2.74. The summed E-state index contributed by atoms with van der Waals surface area (Å²) in [5.41, 5.74) is -0.0866. The second kappa shape index (κ2) is 4.04. The van der Waals surface area contributed by atoms with Crippen LogP contribution >= 0.6 is 0 Å². The lowest BCUT2D eigenvalue weighted by molar-refractivity contribution is -0.129. The Labute approximate surface area is 99.8 Å². The average molecular weight is 262 g/mol. The van der Waals surface area contributed by atoms with E-state index in [9.17, 15) is 13.6 Å². The van der Waals surface area contributed by atoms with Gasteiger partial charge in [0.2, 0.25) is 0 Å². The van der Waals surface area contributed by atoms with Crippen LogP contribution in [0.2, 0.25) is 0 Å². The van der Waals surface area contributed by atoms with Crippen molar-refractivity contribution in [3.8, 4) is 0 Å². The zero-order chi connectivity index (χ0) is 12.8. The van der Waals surface area contributed by atoms with E-state index < -0.39 is 33.6 Å². The first-order valence-corrected chi connectivity index (χ1v) is 6.80. The fourth-order valence-corrected chi connectivity index (χ4v) is 3.32. The number of fused-ring (bicyclic) bond motifs is 1. The van der Waals surface area contributed by atoms with Gasteiger partial charge in [-0.25, -0.2) is 4.79 Å². The zero-order valence-electron chi connectivity index (χ0n) is 9.53. The lowest BCUT2D eigenvalue weighted by Crippen LogP contribution is -2.41. The molecule has 0 aromatic heterocycles. The van der Waals surface area contributed by atoms with Crippen molar-refractivity contribution in [1.29, 1.82) is 0 Å². The van der Waals surface area contributed by atoms with Crippen LogP contribution in [0, 0.1) is 5.92 Å². The molecule has 17 heavy (non-hydrogen) atoms. The van der Waals surface area contributed by atoms with E-state index in [0.29, 0.717) is 0 Å².